The topological polar surface area (TPSA) is 93.4 Å². The lowest BCUT2D eigenvalue weighted by Gasteiger charge is -2.15. The number of imidazole rings is 1. The first-order valence-electron chi connectivity index (χ1n) is 6.72. The van der Waals surface area contributed by atoms with Gasteiger partial charge in [0.2, 0.25) is 0 Å². The van der Waals surface area contributed by atoms with Crippen molar-refractivity contribution in [3.05, 3.63) is 41.7 Å². The molecule has 110 valence electrons. The van der Waals surface area contributed by atoms with Crippen LogP contribution in [0.25, 0.3) is 5.65 Å². The fraction of sp³-hybridized carbons (Fsp3) is 0.286. The van der Waals surface area contributed by atoms with E-state index in [2.05, 4.69) is 27.6 Å². The Morgan fingerprint density at radius 3 is 2.86 bits per heavy atom. The molecule has 7 heteroatoms. The number of nitrogens with one attached hydrogen (secondary N) is 2. The summed E-state index contributed by atoms with van der Waals surface area (Å²) in [7, 11) is 0. The van der Waals surface area contributed by atoms with Gasteiger partial charge in [-0.15, -0.1) is 0 Å². The van der Waals surface area contributed by atoms with Gasteiger partial charge >= 0.3 is 0 Å². The maximum Gasteiger partial charge on any atom is 0.180 e. The summed E-state index contributed by atoms with van der Waals surface area (Å²) in [5, 5.41) is 3.37. The van der Waals surface area contributed by atoms with E-state index < -0.39 is 0 Å². The molecule has 0 saturated heterocycles. The zero-order chi connectivity index (χ0) is 15.0. The lowest BCUT2D eigenvalue weighted by molar-refractivity contribution is 0.500. The summed E-state index contributed by atoms with van der Waals surface area (Å²) in [5.41, 5.74) is 4.41. The van der Waals surface area contributed by atoms with Gasteiger partial charge in [-0.3, -0.25) is 0 Å². The molecule has 0 aliphatic heterocycles. The third-order valence-electron chi connectivity index (χ3n) is 3.42. The van der Waals surface area contributed by atoms with Gasteiger partial charge in [0, 0.05) is 18.0 Å². The van der Waals surface area contributed by atoms with E-state index in [1.807, 2.05) is 30.5 Å². The van der Waals surface area contributed by atoms with Crippen molar-refractivity contribution in [3.8, 4) is 0 Å². The molecule has 3 aromatic rings. The Balaban J connectivity index is 1.97. The van der Waals surface area contributed by atoms with E-state index in [-0.39, 0.29) is 6.04 Å². The number of fused-ring (bicyclic) bond motifs is 1. The molecule has 21 heavy (non-hydrogen) atoms. The van der Waals surface area contributed by atoms with Crippen LogP contribution in [0.1, 0.15) is 30.0 Å². The van der Waals surface area contributed by atoms with E-state index in [1.54, 1.807) is 12.4 Å². The molecule has 3 rings (SSSR count). The van der Waals surface area contributed by atoms with Crippen molar-refractivity contribution in [2.45, 2.75) is 26.8 Å². The molecule has 0 bridgehead atoms. The minimum Gasteiger partial charge on any atom is -0.466 e. The van der Waals surface area contributed by atoms with E-state index in [9.17, 15) is 0 Å². The van der Waals surface area contributed by atoms with E-state index >= 15 is 0 Å². The number of nitrogens with zero attached hydrogens (tertiary/aromatic N) is 3. The zero-order valence-electron chi connectivity index (χ0n) is 12.2. The maximum atomic E-state index is 5.58. The summed E-state index contributed by atoms with van der Waals surface area (Å²) < 4.78 is 7.44. The molecule has 1 atom stereocenters. The Kier molecular flexibility index (Phi) is 3.26. The SMILES string of the molecule is Cc1cc(C(C)Nc2nc(NN)cn3ccnc23)c(C)o1. The van der Waals surface area contributed by atoms with Crippen molar-refractivity contribution in [2.24, 2.45) is 5.84 Å². The molecule has 0 amide bonds. The number of aromatic nitrogens is 3. The number of hydrogen-bond acceptors (Lipinski definition) is 6. The van der Waals surface area contributed by atoms with Gasteiger partial charge in [0.05, 0.1) is 12.2 Å². The van der Waals surface area contributed by atoms with E-state index in [0.29, 0.717) is 11.6 Å². The first-order chi connectivity index (χ1) is 10.1. The van der Waals surface area contributed by atoms with E-state index in [0.717, 1.165) is 22.7 Å². The summed E-state index contributed by atoms with van der Waals surface area (Å²) >= 11 is 0. The number of nitrogen functional groups attached to an aromatic ring is 1. The van der Waals surface area contributed by atoms with Gasteiger partial charge in [0.15, 0.2) is 17.3 Å². The van der Waals surface area contributed by atoms with Crippen LogP contribution in [0.2, 0.25) is 0 Å². The van der Waals surface area contributed by atoms with Crippen LogP contribution in [0.5, 0.6) is 0 Å². The van der Waals surface area contributed by atoms with Crippen LogP contribution in [-0.2, 0) is 0 Å². The highest BCUT2D eigenvalue weighted by Gasteiger charge is 2.15. The second-order valence-corrected chi connectivity index (χ2v) is 5.01. The van der Waals surface area contributed by atoms with Crippen LogP contribution < -0.4 is 16.6 Å². The lowest BCUT2D eigenvalue weighted by atomic mass is 10.1. The van der Waals surface area contributed by atoms with Gasteiger partial charge in [0.25, 0.3) is 0 Å². The Morgan fingerprint density at radius 1 is 1.38 bits per heavy atom. The standard InChI is InChI=1S/C14H18N6O/c1-8-6-11(10(3)21-8)9(2)17-13-14-16-4-5-20(14)7-12(18-13)19-15/h4-7,9,19H,15H2,1-3H3,(H,17,18). The van der Waals surface area contributed by atoms with Gasteiger partial charge in [-0.2, -0.15) is 0 Å². The quantitative estimate of drug-likeness (QED) is 0.503. The summed E-state index contributed by atoms with van der Waals surface area (Å²) in [6.45, 7) is 5.95. The first kappa shape index (κ1) is 13.4. The molecule has 1 unspecified atom stereocenters. The highest BCUT2D eigenvalue weighted by Crippen LogP contribution is 2.26. The number of rotatable bonds is 4. The third-order valence-corrected chi connectivity index (χ3v) is 3.42. The molecule has 0 spiro atoms. The van der Waals surface area contributed by atoms with E-state index in [4.69, 9.17) is 10.3 Å². The van der Waals surface area contributed by atoms with Crippen LogP contribution in [-0.4, -0.2) is 14.4 Å². The second-order valence-electron chi connectivity index (χ2n) is 5.01. The molecule has 4 N–H and O–H groups in total. The molecule has 0 aliphatic rings. The van der Waals surface area contributed by atoms with Crippen molar-refractivity contribution >= 4 is 17.3 Å². The van der Waals surface area contributed by atoms with Crippen LogP contribution in [0.4, 0.5) is 11.6 Å². The molecule has 0 aliphatic carbocycles. The van der Waals surface area contributed by atoms with Crippen molar-refractivity contribution < 1.29 is 4.42 Å². The summed E-state index contributed by atoms with van der Waals surface area (Å²) in [4.78, 5) is 8.75. The average Bonchev–Trinajstić information content (AvgIpc) is 3.04. The molecule has 3 heterocycles. The highest BCUT2D eigenvalue weighted by atomic mass is 16.3. The molecular formula is C14H18N6O. The normalized spacial score (nSPS) is 12.6. The second kappa shape index (κ2) is 5.10. The number of hydrazine groups is 1. The molecular weight excluding hydrogens is 268 g/mol. The largest absolute Gasteiger partial charge is 0.466 e. The predicted molar refractivity (Wildman–Crippen MR) is 81.0 cm³/mol. The fourth-order valence-corrected chi connectivity index (χ4v) is 2.46. The summed E-state index contributed by atoms with van der Waals surface area (Å²) in [6.07, 6.45) is 5.35. The zero-order valence-corrected chi connectivity index (χ0v) is 12.2. The molecule has 7 nitrogen and oxygen atoms in total. The monoisotopic (exact) mass is 286 g/mol. The van der Waals surface area contributed by atoms with Crippen molar-refractivity contribution in [2.75, 3.05) is 10.7 Å². The Hall–Kier alpha value is -2.54. The van der Waals surface area contributed by atoms with Gasteiger partial charge in [0.1, 0.15) is 11.5 Å². The number of aryl methyl sites for hydroxylation is 2. The van der Waals surface area contributed by atoms with Crippen molar-refractivity contribution in [3.63, 3.8) is 0 Å². The Bertz CT molecular complexity index is 775. The van der Waals surface area contributed by atoms with Crippen molar-refractivity contribution in [1.29, 1.82) is 0 Å². The average molecular weight is 286 g/mol. The first-order valence-corrected chi connectivity index (χ1v) is 6.72. The van der Waals surface area contributed by atoms with Gasteiger partial charge < -0.3 is 19.6 Å². The molecule has 0 saturated carbocycles. The van der Waals surface area contributed by atoms with Crippen LogP contribution in [0.15, 0.2) is 29.1 Å². The van der Waals surface area contributed by atoms with Gasteiger partial charge in [-0.05, 0) is 26.8 Å². The molecule has 3 aromatic heterocycles. The lowest BCUT2D eigenvalue weighted by Crippen LogP contribution is -2.14. The Labute approximate surface area is 122 Å². The van der Waals surface area contributed by atoms with Gasteiger partial charge in [-0.1, -0.05) is 0 Å². The summed E-state index contributed by atoms with van der Waals surface area (Å²) in [6, 6.07) is 2.07. The third kappa shape index (κ3) is 2.43. The molecule has 0 aromatic carbocycles. The molecule has 0 fully saturated rings. The smallest absolute Gasteiger partial charge is 0.180 e. The van der Waals surface area contributed by atoms with E-state index in [1.165, 1.54) is 0 Å². The van der Waals surface area contributed by atoms with Crippen LogP contribution >= 0.6 is 0 Å². The van der Waals surface area contributed by atoms with Crippen LogP contribution in [0, 0.1) is 13.8 Å². The molecule has 0 radical (unpaired) electrons. The van der Waals surface area contributed by atoms with Crippen LogP contribution in [0.3, 0.4) is 0 Å². The predicted octanol–water partition coefficient (Wildman–Crippen LogP) is 2.40. The minimum absolute atomic E-state index is 0.0449. The highest BCUT2D eigenvalue weighted by molar-refractivity contribution is 5.66. The number of nitrogens with two attached hydrogens (primary N) is 1. The Morgan fingerprint density at radius 2 is 2.19 bits per heavy atom. The number of anilines is 2. The van der Waals surface area contributed by atoms with Gasteiger partial charge in [-0.25, -0.2) is 15.8 Å². The number of hydrogen-bond donors (Lipinski definition) is 3. The maximum absolute atomic E-state index is 5.58. The minimum atomic E-state index is 0.0449. The van der Waals surface area contributed by atoms with Crippen molar-refractivity contribution in [1.82, 2.24) is 14.4 Å². The summed E-state index contributed by atoms with van der Waals surface area (Å²) in [5.74, 6) is 8.49. The fourth-order valence-electron chi connectivity index (χ4n) is 2.46. The number of furan rings is 1.